The first kappa shape index (κ1) is 16.5. The van der Waals surface area contributed by atoms with E-state index in [0.29, 0.717) is 5.69 Å². The fourth-order valence-electron chi connectivity index (χ4n) is 2.96. The summed E-state index contributed by atoms with van der Waals surface area (Å²) < 4.78 is 27.5. The molecule has 2 aromatic carbocycles. The van der Waals surface area contributed by atoms with Crippen molar-refractivity contribution in [3.05, 3.63) is 54.1 Å². The van der Waals surface area contributed by atoms with Crippen molar-refractivity contribution in [3.8, 4) is 0 Å². The van der Waals surface area contributed by atoms with Gasteiger partial charge < -0.3 is 9.80 Å². The Bertz CT molecular complexity index is 692. The van der Waals surface area contributed by atoms with Crippen LogP contribution in [0.5, 0.6) is 0 Å². The number of benzene rings is 2. The molecule has 5 heteroatoms. The molecular formula is C18H19F2IN2. The molecule has 0 amide bonds. The molecule has 122 valence electrons. The van der Waals surface area contributed by atoms with Crippen LogP contribution in [-0.2, 0) is 0 Å². The summed E-state index contributed by atoms with van der Waals surface area (Å²) >= 11 is 2.32. The van der Waals surface area contributed by atoms with Gasteiger partial charge >= 0.3 is 0 Å². The molecule has 1 aliphatic rings. The Kier molecular flexibility index (Phi) is 5.04. The minimum atomic E-state index is -0.552. The first-order valence-electron chi connectivity index (χ1n) is 7.87. The van der Waals surface area contributed by atoms with E-state index in [1.165, 1.54) is 18.6 Å². The summed E-state index contributed by atoms with van der Waals surface area (Å²) in [6.45, 7) is 3.11. The van der Waals surface area contributed by atoms with E-state index in [1.54, 1.807) is 0 Å². The second-order valence-electron chi connectivity index (χ2n) is 5.67. The number of nitrogens with zero attached hydrogens (tertiary/aromatic N) is 2. The van der Waals surface area contributed by atoms with Crippen molar-refractivity contribution in [2.45, 2.75) is 30.4 Å². The van der Waals surface area contributed by atoms with Crippen LogP contribution in [0.15, 0.2) is 42.5 Å². The Balaban J connectivity index is 1.98. The van der Waals surface area contributed by atoms with Crippen molar-refractivity contribution in [2.24, 2.45) is 0 Å². The minimum Gasteiger partial charge on any atom is -0.341 e. The maximum Gasteiger partial charge on any atom is 0.159 e. The lowest BCUT2D eigenvalue weighted by Crippen LogP contribution is -2.36. The molecule has 0 spiro atoms. The lowest BCUT2D eigenvalue weighted by molar-refractivity contribution is 0.581. The second kappa shape index (κ2) is 7.03. The molecule has 3 rings (SSSR count). The van der Waals surface area contributed by atoms with Gasteiger partial charge in [0.1, 0.15) is 11.6 Å². The molecule has 1 atom stereocenters. The highest BCUT2D eigenvalue weighted by Crippen LogP contribution is 2.46. The Hall–Kier alpha value is -1.37. The van der Waals surface area contributed by atoms with E-state index < -0.39 is 11.6 Å². The predicted octanol–water partition coefficient (Wildman–Crippen LogP) is 5.83. The van der Waals surface area contributed by atoms with Gasteiger partial charge in [-0.15, -0.1) is 0 Å². The number of hydrogen-bond donors (Lipinski definition) is 0. The average Bonchev–Trinajstić information content (AvgIpc) is 2.81. The number of hydrogen-bond acceptors (Lipinski definition) is 2. The lowest BCUT2D eigenvalue weighted by Gasteiger charge is -2.29. The minimum absolute atomic E-state index is 0.0261. The molecule has 0 fully saturated rings. The van der Waals surface area contributed by atoms with Crippen molar-refractivity contribution in [1.29, 1.82) is 0 Å². The predicted molar refractivity (Wildman–Crippen MR) is 99.6 cm³/mol. The summed E-state index contributed by atoms with van der Waals surface area (Å²) in [5.74, 6) is -1.08. The van der Waals surface area contributed by atoms with Gasteiger partial charge in [-0.05, 0) is 53.3 Å². The molecule has 0 aliphatic carbocycles. The van der Waals surface area contributed by atoms with Crippen LogP contribution in [0, 0.1) is 11.6 Å². The molecule has 0 radical (unpaired) electrons. The molecular weight excluding hydrogens is 409 g/mol. The van der Waals surface area contributed by atoms with Gasteiger partial charge in [-0.2, -0.15) is 0 Å². The summed E-state index contributed by atoms with van der Waals surface area (Å²) in [5, 5.41) is 0. The fourth-order valence-corrected chi connectivity index (χ4v) is 4.14. The molecule has 2 nitrogen and oxygen atoms in total. The maximum absolute atomic E-state index is 14.3. The largest absolute Gasteiger partial charge is 0.341 e. The van der Waals surface area contributed by atoms with E-state index in [-0.39, 0.29) is 4.17 Å². The first-order chi connectivity index (χ1) is 11.1. The number of anilines is 3. The van der Waals surface area contributed by atoms with Crippen LogP contribution in [0.1, 0.15) is 26.2 Å². The SMILES string of the molecule is CCCCCN1c2ccccc2N(c2ccc(F)cc2F)C1I. The van der Waals surface area contributed by atoms with E-state index in [9.17, 15) is 8.78 Å². The molecule has 0 bridgehead atoms. The van der Waals surface area contributed by atoms with E-state index in [2.05, 4.69) is 40.5 Å². The third kappa shape index (κ3) is 3.16. The van der Waals surface area contributed by atoms with E-state index in [1.807, 2.05) is 23.1 Å². The molecule has 0 saturated carbocycles. The van der Waals surface area contributed by atoms with Gasteiger partial charge in [0.15, 0.2) is 4.17 Å². The maximum atomic E-state index is 14.3. The summed E-state index contributed by atoms with van der Waals surface area (Å²) in [6, 6.07) is 11.8. The van der Waals surface area contributed by atoms with Crippen molar-refractivity contribution in [1.82, 2.24) is 0 Å². The monoisotopic (exact) mass is 428 g/mol. The molecule has 2 aromatic rings. The second-order valence-corrected chi connectivity index (χ2v) is 6.78. The number of para-hydroxylation sites is 2. The van der Waals surface area contributed by atoms with Crippen LogP contribution < -0.4 is 9.80 Å². The molecule has 0 saturated heterocycles. The molecule has 1 heterocycles. The number of unbranched alkanes of at least 4 members (excludes halogenated alkanes) is 2. The topological polar surface area (TPSA) is 6.48 Å². The number of fused-ring (bicyclic) bond motifs is 1. The van der Waals surface area contributed by atoms with E-state index in [4.69, 9.17) is 0 Å². The van der Waals surface area contributed by atoms with Crippen LogP contribution >= 0.6 is 22.6 Å². The van der Waals surface area contributed by atoms with Gasteiger partial charge in [-0.1, -0.05) is 31.9 Å². The summed E-state index contributed by atoms with van der Waals surface area (Å²) in [7, 11) is 0. The summed E-state index contributed by atoms with van der Waals surface area (Å²) in [5.41, 5.74) is 2.48. The van der Waals surface area contributed by atoms with Crippen molar-refractivity contribution in [2.75, 3.05) is 16.3 Å². The zero-order valence-electron chi connectivity index (χ0n) is 13.0. The van der Waals surface area contributed by atoms with Crippen LogP contribution in [0.3, 0.4) is 0 Å². The van der Waals surface area contributed by atoms with Gasteiger partial charge in [0.25, 0.3) is 0 Å². The number of halogens is 3. The van der Waals surface area contributed by atoms with Crippen molar-refractivity contribution >= 4 is 39.7 Å². The third-order valence-electron chi connectivity index (χ3n) is 4.09. The average molecular weight is 428 g/mol. The highest BCUT2D eigenvalue weighted by atomic mass is 127. The smallest absolute Gasteiger partial charge is 0.159 e. The fraction of sp³-hybridized carbons (Fsp3) is 0.333. The molecule has 0 N–H and O–H groups in total. The number of alkyl halides is 1. The van der Waals surface area contributed by atoms with Gasteiger partial charge in [0.05, 0.1) is 17.1 Å². The van der Waals surface area contributed by atoms with Gasteiger partial charge in [-0.25, -0.2) is 8.78 Å². The van der Waals surface area contributed by atoms with Crippen LogP contribution in [0.2, 0.25) is 0 Å². The van der Waals surface area contributed by atoms with Crippen LogP contribution in [0.25, 0.3) is 0 Å². The van der Waals surface area contributed by atoms with Gasteiger partial charge in [-0.3, -0.25) is 0 Å². The number of rotatable bonds is 5. The van der Waals surface area contributed by atoms with E-state index >= 15 is 0 Å². The Morgan fingerprint density at radius 2 is 1.74 bits per heavy atom. The van der Waals surface area contributed by atoms with Crippen LogP contribution in [0.4, 0.5) is 25.8 Å². The standard InChI is InChI=1S/C18H19F2IN2/c1-2-3-6-11-22-16-7-4-5-8-17(16)23(18(22)21)15-10-9-13(19)12-14(15)20/h4-5,7-10,12,18H,2-3,6,11H2,1H3. The first-order valence-corrected chi connectivity index (χ1v) is 9.12. The summed E-state index contributed by atoms with van der Waals surface area (Å²) in [4.78, 5) is 4.23. The van der Waals surface area contributed by atoms with Gasteiger partial charge in [0, 0.05) is 12.6 Å². The normalized spacial score (nSPS) is 16.8. The van der Waals surface area contributed by atoms with Crippen LogP contribution in [-0.4, -0.2) is 10.7 Å². The van der Waals surface area contributed by atoms with Crippen molar-refractivity contribution < 1.29 is 8.78 Å². The highest BCUT2D eigenvalue weighted by molar-refractivity contribution is 14.1. The molecule has 23 heavy (non-hydrogen) atoms. The quantitative estimate of drug-likeness (QED) is 0.256. The Morgan fingerprint density at radius 1 is 1.00 bits per heavy atom. The molecule has 1 unspecified atom stereocenters. The molecule has 0 aromatic heterocycles. The third-order valence-corrected chi connectivity index (χ3v) is 5.32. The Labute approximate surface area is 149 Å². The van der Waals surface area contributed by atoms with Gasteiger partial charge in [0.2, 0.25) is 0 Å². The molecule has 1 aliphatic heterocycles. The van der Waals surface area contributed by atoms with E-state index in [0.717, 1.165) is 36.8 Å². The highest BCUT2D eigenvalue weighted by Gasteiger charge is 2.35. The zero-order chi connectivity index (χ0) is 16.4. The lowest BCUT2D eigenvalue weighted by atomic mass is 10.2. The zero-order valence-corrected chi connectivity index (χ0v) is 15.1. The Morgan fingerprint density at radius 3 is 2.43 bits per heavy atom. The van der Waals surface area contributed by atoms with Crippen molar-refractivity contribution in [3.63, 3.8) is 0 Å². The summed E-state index contributed by atoms with van der Waals surface area (Å²) in [6.07, 6.45) is 3.44.